The van der Waals surface area contributed by atoms with E-state index in [0.29, 0.717) is 17.9 Å². The molecule has 0 saturated carbocycles. The number of rotatable bonds is 6. The summed E-state index contributed by atoms with van der Waals surface area (Å²) in [5.41, 5.74) is 2.24. The van der Waals surface area contributed by atoms with Gasteiger partial charge in [0.05, 0.1) is 23.6 Å². The molecular weight excluding hydrogens is 302 g/mol. The molecule has 1 aliphatic rings. The predicted molar refractivity (Wildman–Crippen MR) is 85.4 cm³/mol. The zero-order chi connectivity index (χ0) is 16.3. The summed E-state index contributed by atoms with van der Waals surface area (Å²) in [5, 5.41) is 9.48. The second kappa shape index (κ2) is 7.08. The second-order valence-corrected chi connectivity index (χ2v) is 7.53. The van der Waals surface area contributed by atoms with Gasteiger partial charge in [-0.05, 0) is 42.5 Å². The highest BCUT2D eigenvalue weighted by atomic mass is 32.2. The van der Waals surface area contributed by atoms with E-state index in [1.54, 1.807) is 19.2 Å². The van der Waals surface area contributed by atoms with Crippen molar-refractivity contribution in [3.63, 3.8) is 0 Å². The highest BCUT2D eigenvalue weighted by molar-refractivity contribution is 7.89. The summed E-state index contributed by atoms with van der Waals surface area (Å²) in [6.45, 7) is 4.19. The van der Waals surface area contributed by atoms with Gasteiger partial charge in [0.1, 0.15) is 0 Å². The molecule has 0 radical (unpaired) electrons. The Hall–Kier alpha value is -0.950. The average Bonchev–Trinajstić information content (AvgIpc) is 2.98. The van der Waals surface area contributed by atoms with Crippen molar-refractivity contribution in [1.29, 1.82) is 0 Å². The minimum absolute atomic E-state index is 0.160. The average molecular weight is 327 g/mol. The van der Waals surface area contributed by atoms with Crippen LogP contribution in [0, 0.1) is 0 Å². The summed E-state index contributed by atoms with van der Waals surface area (Å²) >= 11 is 0. The monoisotopic (exact) mass is 327 g/mol. The molecule has 2 rings (SSSR count). The van der Waals surface area contributed by atoms with Crippen molar-refractivity contribution in [2.75, 3.05) is 20.3 Å². The molecule has 2 atom stereocenters. The van der Waals surface area contributed by atoms with Crippen LogP contribution in [0.5, 0.6) is 0 Å². The molecule has 1 saturated heterocycles. The lowest BCUT2D eigenvalue weighted by Crippen LogP contribution is -2.38. The van der Waals surface area contributed by atoms with Gasteiger partial charge in [0.15, 0.2) is 0 Å². The zero-order valence-corrected chi connectivity index (χ0v) is 14.3. The normalized spacial score (nSPS) is 23.1. The van der Waals surface area contributed by atoms with Crippen molar-refractivity contribution in [3.05, 3.63) is 29.3 Å². The Bertz CT molecular complexity index is 615. The summed E-state index contributed by atoms with van der Waals surface area (Å²) in [6.07, 6.45) is 2.06. The summed E-state index contributed by atoms with van der Waals surface area (Å²) in [5.74, 6) is 0. The van der Waals surface area contributed by atoms with E-state index in [4.69, 9.17) is 4.74 Å². The van der Waals surface area contributed by atoms with Crippen molar-refractivity contribution in [2.45, 2.75) is 50.2 Å². The Kier molecular flexibility index (Phi) is 5.60. The van der Waals surface area contributed by atoms with E-state index in [2.05, 4.69) is 6.92 Å². The highest BCUT2D eigenvalue weighted by Crippen LogP contribution is 2.28. The maximum atomic E-state index is 12.9. The first-order valence-electron chi connectivity index (χ1n) is 7.75. The molecule has 124 valence electrons. The smallest absolute Gasteiger partial charge is 0.243 e. The lowest BCUT2D eigenvalue weighted by molar-refractivity contribution is 0.113. The summed E-state index contributed by atoms with van der Waals surface area (Å²) in [7, 11) is -2.04. The second-order valence-electron chi connectivity index (χ2n) is 5.64. The zero-order valence-electron chi connectivity index (χ0n) is 13.4. The number of benzene rings is 1. The molecule has 1 N–H and O–H groups in total. The first-order chi connectivity index (χ1) is 10.5. The van der Waals surface area contributed by atoms with E-state index in [1.807, 2.05) is 13.0 Å². The fourth-order valence-corrected chi connectivity index (χ4v) is 4.76. The minimum atomic E-state index is -3.61. The molecule has 0 bridgehead atoms. The van der Waals surface area contributed by atoms with Gasteiger partial charge < -0.3 is 9.84 Å². The van der Waals surface area contributed by atoms with E-state index >= 15 is 0 Å². The van der Waals surface area contributed by atoms with Crippen LogP contribution in [0.3, 0.4) is 0 Å². The van der Waals surface area contributed by atoms with E-state index in [1.165, 1.54) is 9.87 Å². The van der Waals surface area contributed by atoms with Crippen LogP contribution in [0.1, 0.15) is 31.4 Å². The quantitative estimate of drug-likeness (QED) is 0.861. The third-order valence-corrected chi connectivity index (χ3v) is 6.33. The Morgan fingerprint density at radius 1 is 1.27 bits per heavy atom. The SMILES string of the molecule is CCc1ccc(S(=O)(=O)N2C[C@@H](OC)C[C@H]2CO)cc1CC. The molecule has 1 aromatic carbocycles. The number of hydrogen-bond donors (Lipinski definition) is 1. The molecule has 1 aliphatic heterocycles. The van der Waals surface area contributed by atoms with Gasteiger partial charge in [0.25, 0.3) is 0 Å². The van der Waals surface area contributed by atoms with Crippen LogP contribution in [0.25, 0.3) is 0 Å². The summed E-state index contributed by atoms with van der Waals surface area (Å²) in [4.78, 5) is 0.303. The topological polar surface area (TPSA) is 66.8 Å². The Morgan fingerprint density at radius 2 is 1.95 bits per heavy atom. The number of aliphatic hydroxyl groups is 1. The Morgan fingerprint density at radius 3 is 2.50 bits per heavy atom. The number of aliphatic hydroxyl groups excluding tert-OH is 1. The number of ether oxygens (including phenoxy) is 1. The molecular formula is C16H25NO4S. The standard InChI is InChI=1S/C16H25NO4S/c1-4-12-6-7-16(8-13(12)5-2)22(19,20)17-10-15(21-3)9-14(17)11-18/h6-8,14-15,18H,4-5,9-11H2,1-3H3/t14-,15-/m0/s1. The maximum absolute atomic E-state index is 12.9. The van der Waals surface area contributed by atoms with Crippen molar-refractivity contribution in [3.8, 4) is 0 Å². The third kappa shape index (κ3) is 3.20. The molecule has 1 aromatic rings. The van der Waals surface area contributed by atoms with Gasteiger partial charge in [-0.25, -0.2) is 8.42 Å². The van der Waals surface area contributed by atoms with Crippen molar-refractivity contribution in [2.24, 2.45) is 0 Å². The van der Waals surface area contributed by atoms with Gasteiger partial charge in [-0.3, -0.25) is 0 Å². The molecule has 5 nitrogen and oxygen atoms in total. The third-order valence-electron chi connectivity index (χ3n) is 4.42. The maximum Gasteiger partial charge on any atom is 0.243 e. The van der Waals surface area contributed by atoms with Crippen LogP contribution in [0.2, 0.25) is 0 Å². The first kappa shape index (κ1) is 17.4. The van der Waals surface area contributed by atoms with Gasteiger partial charge in [-0.1, -0.05) is 19.9 Å². The Labute approximate surface area is 133 Å². The molecule has 1 heterocycles. The first-order valence-corrected chi connectivity index (χ1v) is 9.19. The molecule has 0 amide bonds. The van der Waals surface area contributed by atoms with Gasteiger partial charge in [-0.15, -0.1) is 0 Å². The van der Waals surface area contributed by atoms with E-state index < -0.39 is 16.1 Å². The van der Waals surface area contributed by atoms with Crippen LogP contribution >= 0.6 is 0 Å². The van der Waals surface area contributed by atoms with Crippen LogP contribution in [-0.4, -0.2) is 50.2 Å². The largest absolute Gasteiger partial charge is 0.395 e. The lowest BCUT2D eigenvalue weighted by atomic mass is 10.0. The van der Waals surface area contributed by atoms with Gasteiger partial charge in [0.2, 0.25) is 10.0 Å². The molecule has 0 aliphatic carbocycles. The van der Waals surface area contributed by atoms with Crippen molar-refractivity contribution in [1.82, 2.24) is 4.31 Å². The van der Waals surface area contributed by atoms with E-state index in [0.717, 1.165) is 18.4 Å². The molecule has 0 aromatic heterocycles. The fraction of sp³-hybridized carbons (Fsp3) is 0.625. The van der Waals surface area contributed by atoms with E-state index in [9.17, 15) is 13.5 Å². The van der Waals surface area contributed by atoms with Crippen LogP contribution in [-0.2, 0) is 27.6 Å². The van der Waals surface area contributed by atoms with Crippen LogP contribution < -0.4 is 0 Å². The number of sulfonamides is 1. The minimum Gasteiger partial charge on any atom is -0.395 e. The van der Waals surface area contributed by atoms with Gasteiger partial charge >= 0.3 is 0 Å². The van der Waals surface area contributed by atoms with Crippen molar-refractivity contribution < 1.29 is 18.3 Å². The highest BCUT2D eigenvalue weighted by Gasteiger charge is 2.40. The lowest BCUT2D eigenvalue weighted by Gasteiger charge is -2.22. The number of nitrogens with zero attached hydrogens (tertiary/aromatic N) is 1. The Balaban J connectivity index is 2.37. The predicted octanol–water partition coefficient (Wildman–Crippen LogP) is 1.58. The molecule has 0 spiro atoms. The number of aryl methyl sites for hydroxylation is 2. The summed E-state index contributed by atoms with van der Waals surface area (Å²) < 4.78 is 32.4. The molecule has 6 heteroatoms. The number of methoxy groups -OCH3 is 1. The molecule has 0 unspecified atom stereocenters. The van der Waals surface area contributed by atoms with Gasteiger partial charge in [0, 0.05) is 13.7 Å². The fourth-order valence-electron chi connectivity index (χ4n) is 3.05. The molecule has 1 fully saturated rings. The van der Waals surface area contributed by atoms with Crippen molar-refractivity contribution >= 4 is 10.0 Å². The van der Waals surface area contributed by atoms with Gasteiger partial charge in [-0.2, -0.15) is 4.31 Å². The molecule has 22 heavy (non-hydrogen) atoms. The van der Waals surface area contributed by atoms with Crippen LogP contribution in [0.15, 0.2) is 23.1 Å². The van der Waals surface area contributed by atoms with Crippen LogP contribution in [0.4, 0.5) is 0 Å². The summed E-state index contributed by atoms with van der Waals surface area (Å²) in [6, 6.07) is 4.92. The number of hydrogen-bond acceptors (Lipinski definition) is 4. The van der Waals surface area contributed by atoms with E-state index in [-0.39, 0.29) is 12.7 Å².